The van der Waals surface area contributed by atoms with Gasteiger partial charge in [-0.25, -0.2) is 4.90 Å². The molecule has 3 saturated heterocycles. The standard InChI is InChI=1S/C24H24N4O6S2/c1-24(2)22(36-23(35)25(24)3)27-18(13-6-5-7-15(12-13)28(31)32)17-19(34-27)21(30)26(20(17)29)14-8-10-16(33-4)11-9-14/h5-12,17-19,22H,1-4H3/t17-,18-,19-,22-/m1/s1. The van der Waals surface area contributed by atoms with Gasteiger partial charge in [-0.1, -0.05) is 36.1 Å². The van der Waals surface area contributed by atoms with E-state index < -0.39 is 40.3 Å². The van der Waals surface area contributed by atoms with Gasteiger partial charge < -0.3 is 9.64 Å². The zero-order valence-corrected chi connectivity index (χ0v) is 21.6. The van der Waals surface area contributed by atoms with E-state index in [1.165, 1.54) is 31.0 Å². The van der Waals surface area contributed by atoms with E-state index in [-0.39, 0.29) is 11.1 Å². The van der Waals surface area contributed by atoms with Gasteiger partial charge in [0, 0.05) is 19.2 Å². The number of carbonyl (C=O) groups excluding carboxylic acids is 2. The van der Waals surface area contributed by atoms with Crippen molar-refractivity contribution in [2.24, 2.45) is 5.92 Å². The lowest BCUT2D eigenvalue weighted by atomic mass is 9.89. The maximum atomic E-state index is 13.8. The van der Waals surface area contributed by atoms with Crippen molar-refractivity contribution in [3.8, 4) is 5.75 Å². The fraction of sp³-hybridized carbons (Fsp3) is 0.375. The third-order valence-corrected chi connectivity index (χ3v) is 9.13. The van der Waals surface area contributed by atoms with Crippen LogP contribution in [-0.4, -0.2) is 62.2 Å². The number of rotatable bonds is 5. The lowest BCUT2D eigenvalue weighted by Gasteiger charge is -2.39. The molecule has 0 spiro atoms. The van der Waals surface area contributed by atoms with Gasteiger partial charge in [-0.3, -0.25) is 24.5 Å². The Morgan fingerprint density at radius 1 is 1.14 bits per heavy atom. The van der Waals surface area contributed by atoms with Crippen LogP contribution in [0.15, 0.2) is 48.5 Å². The summed E-state index contributed by atoms with van der Waals surface area (Å²) in [6, 6.07) is 12.0. The molecule has 0 saturated carbocycles. The summed E-state index contributed by atoms with van der Waals surface area (Å²) in [4.78, 5) is 47.7. The number of carbonyl (C=O) groups is 2. The second-order valence-corrected chi connectivity index (χ2v) is 11.1. The third kappa shape index (κ3) is 3.67. The van der Waals surface area contributed by atoms with Crippen molar-refractivity contribution in [1.29, 1.82) is 0 Å². The summed E-state index contributed by atoms with van der Waals surface area (Å²) in [7, 11) is 3.42. The topological polar surface area (TPSA) is 105 Å². The van der Waals surface area contributed by atoms with Gasteiger partial charge in [-0.2, -0.15) is 5.06 Å². The van der Waals surface area contributed by atoms with Crippen LogP contribution < -0.4 is 9.64 Å². The molecule has 5 rings (SSSR count). The molecule has 36 heavy (non-hydrogen) atoms. The Kier molecular flexibility index (Phi) is 6.02. The Balaban J connectivity index is 1.58. The van der Waals surface area contributed by atoms with Gasteiger partial charge in [0.25, 0.3) is 11.6 Å². The Morgan fingerprint density at radius 3 is 2.42 bits per heavy atom. The van der Waals surface area contributed by atoms with Crippen LogP contribution in [0.3, 0.4) is 0 Å². The Bertz CT molecular complexity index is 1270. The number of nitro benzene ring substituents is 1. The lowest BCUT2D eigenvalue weighted by molar-refractivity contribution is -0.385. The molecule has 3 fully saturated rings. The van der Waals surface area contributed by atoms with E-state index in [1.54, 1.807) is 41.5 Å². The van der Waals surface area contributed by atoms with E-state index in [4.69, 9.17) is 21.8 Å². The highest BCUT2D eigenvalue weighted by Crippen LogP contribution is 2.52. The van der Waals surface area contributed by atoms with Crippen LogP contribution in [-0.2, 0) is 14.4 Å². The molecule has 4 atom stereocenters. The predicted octanol–water partition coefficient (Wildman–Crippen LogP) is 3.52. The zero-order valence-electron chi connectivity index (χ0n) is 20.0. The van der Waals surface area contributed by atoms with Gasteiger partial charge in [0.2, 0.25) is 5.91 Å². The lowest BCUT2D eigenvalue weighted by Crippen LogP contribution is -2.51. The van der Waals surface area contributed by atoms with E-state index in [9.17, 15) is 19.7 Å². The quantitative estimate of drug-likeness (QED) is 0.248. The molecule has 0 radical (unpaired) electrons. The summed E-state index contributed by atoms with van der Waals surface area (Å²) in [5, 5.41) is 12.8. The number of methoxy groups -OCH3 is 1. The SMILES string of the molecule is COc1ccc(N2C(=O)[C@@H]3[C@@H](c4cccc([N+](=O)[O-])c4)N([C@@H]4SC(=S)N(C)C4(C)C)O[C@H]3C2=O)cc1. The van der Waals surface area contributed by atoms with E-state index in [0.29, 0.717) is 21.3 Å². The number of amides is 2. The highest BCUT2D eigenvalue weighted by atomic mass is 32.2. The highest BCUT2D eigenvalue weighted by molar-refractivity contribution is 8.23. The molecular formula is C24H24N4O6S2. The molecule has 3 aliphatic rings. The summed E-state index contributed by atoms with van der Waals surface area (Å²) in [6.07, 6.45) is -1.07. The number of ether oxygens (including phenoxy) is 1. The van der Waals surface area contributed by atoms with Gasteiger partial charge in [0.05, 0.1) is 35.2 Å². The van der Waals surface area contributed by atoms with Crippen LogP contribution in [0.2, 0.25) is 0 Å². The van der Waals surface area contributed by atoms with Gasteiger partial charge in [0.1, 0.15) is 15.4 Å². The Labute approximate surface area is 217 Å². The van der Waals surface area contributed by atoms with Gasteiger partial charge in [-0.05, 0) is 43.7 Å². The van der Waals surface area contributed by atoms with Crippen molar-refractivity contribution in [2.75, 3.05) is 19.1 Å². The Morgan fingerprint density at radius 2 is 1.83 bits per heavy atom. The molecule has 12 heteroatoms. The average Bonchev–Trinajstić information content (AvgIpc) is 3.43. The summed E-state index contributed by atoms with van der Waals surface area (Å²) >= 11 is 6.93. The number of hydrogen-bond acceptors (Lipinski definition) is 9. The molecule has 0 aliphatic carbocycles. The molecule has 3 aliphatic heterocycles. The van der Waals surface area contributed by atoms with Crippen molar-refractivity contribution in [3.05, 3.63) is 64.2 Å². The van der Waals surface area contributed by atoms with Crippen molar-refractivity contribution in [3.63, 3.8) is 0 Å². The number of hydroxylamine groups is 2. The number of hydrogen-bond donors (Lipinski definition) is 0. The summed E-state index contributed by atoms with van der Waals surface area (Å²) in [5.74, 6) is -1.20. The minimum Gasteiger partial charge on any atom is -0.497 e. The van der Waals surface area contributed by atoms with Crippen molar-refractivity contribution < 1.29 is 24.1 Å². The average molecular weight is 529 g/mol. The van der Waals surface area contributed by atoms with Crippen LogP contribution in [0.25, 0.3) is 0 Å². The fourth-order valence-corrected chi connectivity index (χ4v) is 6.71. The van der Waals surface area contributed by atoms with Crippen LogP contribution in [0, 0.1) is 16.0 Å². The second kappa shape index (κ2) is 8.80. The number of nitrogens with zero attached hydrogens (tertiary/aromatic N) is 4. The first kappa shape index (κ1) is 24.6. The number of thioether (sulfide) groups is 1. The number of thiocarbonyl (C=S) groups is 1. The fourth-order valence-electron chi connectivity index (χ4n) is 4.88. The number of anilines is 1. The van der Waals surface area contributed by atoms with Gasteiger partial charge in [-0.15, -0.1) is 0 Å². The van der Waals surface area contributed by atoms with Crippen molar-refractivity contribution in [1.82, 2.24) is 9.96 Å². The first-order chi connectivity index (χ1) is 17.1. The molecular weight excluding hydrogens is 504 g/mol. The molecule has 0 bridgehead atoms. The minimum atomic E-state index is -1.07. The van der Waals surface area contributed by atoms with Crippen LogP contribution in [0.4, 0.5) is 11.4 Å². The van der Waals surface area contributed by atoms with Crippen LogP contribution in [0.1, 0.15) is 25.5 Å². The maximum Gasteiger partial charge on any atom is 0.269 e. The number of benzene rings is 2. The Hall–Kier alpha value is -3.06. The number of imide groups is 1. The molecule has 188 valence electrons. The molecule has 2 aromatic rings. The third-order valence-electron chi connectivity index (χ3n) is 7.08. The molecule has 0 unspecified atom stereocenters. The maximum absolute atomic E-state index is 13.8. The van der Waals surface area contributed by atoms with Crippen LogP contribution >= 0.6 is 24.0 Å². The predicted molar refractivity (Wildman–Crippen MR) is 137 cm³/mol. The molecule has 0 N–H and O–H groups in total. The largest absolute Gasteiger partial charge is 0.497 e. The van der Waals surface area contributed by atoms with Gasteiger partial charge >= 0.3 is 0 Å². The van der Waals surface area contributed by atoms with E-state index in [2.05, 4.69) is 0 Å². The first-order valence-electron chi connectivity index (χ1n) is 11.2. The van der Waals surface area contributed by atoms with Gasteiger partial charge in [0.15, 0.2) is 6.10 Å². The number of fused-ring (bicyclic) bond motifs is 1. The highest BCUT2D eigenvalue weighted by Gasteiger charge is 2.63. The first-order valence-corrected chi connectivity index (χ1v) is 12.5. The number of nitro groups is 1. The summed E-state index contributed by atoms with van der Waals surface area (Å²) in [5.41, 5.74) is 0.322. The molecule has 2 aromatic carbocycles. The summed E-state index contributed by atoms with van der Waals surface area (Å²) < 4.78 is 5.84. The summed E-state index contributed by atoms with van der Waals surface area (Å²) in [6.45, 7) is 4.00. The molecule has 3 heterocycles. The van der Waals surface area contributed by atoms with Crippen molar-refractivity contribution in [2.45, 2.75) is 36.9 Å². The molecule has 10 nitrogen and oxygen atoms in total. The van der Waals surface area contributed by atoms with Crippen molar-refractivity contribution >= 4 is 51.5 Å². The van der Waals surface area contributed by atoms with E-state index in [1.807, 2.05) is 25.8 Å². The second-order valence-electron chi connectivity index (χ2n) is 9.37. The van der Waals surface area contributed by atoms with E-state index >= 15 is 0 Å². The molecule has 0 aromatic heterocycles. The van der Waals surface area contributed by atoms with Crippen LogP contribution in [0.5, 0.6) is 5.75 Å². The normalized spacial score (nSPS) is 27.6. The smallest absolute Gasteiger partial charge is 0.269 e. The number of non-ortho nitro benzene ring substituents is 1. The minimum absolute atomic E-state index is 0.106. The zero-order chi connectivity index (χ0) is 25.9. The molecule has 2 amide bonds. The van der Waals surface area contributed by atoms with E-state index in [0.717, 1.165) is 4.90 Å². The monoisotopic (exact) mass is 528 g/mol. The number of likely N-dealkylation sites (N-methyl/N-ethyl adjacent to an activating group) is 1.